The molecule has 3 rings (SSSR count). The number of hydrogen-bond donors (Lipinski definition) is 2. The van der Waals surface area contributed by atoms with Gasteiger partial charge in [-0.05, 0) is 42.2 Å². The molecule has 1 heterocycles. The maximum Gasteiger partial charge on any atom is 0.433 e. The molecular formula is C14H13F3N4. The molecule has 110 valence electrons. The fourth-order valence-electron chi connectivity index (χ4n) is 2.53. The molecule has 1 aromatic heterocycles. The first-order chi connectivity index (χ1) is 9.93. The Kier molecular flexibility index (Phi) is 3.19. The van der Waals surface area contributed by atoms with E-state index in [4.69, 9.17) is 5.73 Å². The Labute approximate surface area is 119 Å². The molecule has 1 unspecified atom stereocenters. The first kappa shape index (κ1) is 13.7. The van der Waals surface area contributed by atoms with Crippen LogP contribution in [0.1, 0.15) is 29.3 Å². The van der Waals surface area contributed by atoms with Gasteiger partial charge in [-0.1, -0.05) is 6.07 Å². The summed E-state index contributed by atoms with van der Waals surface area (Å²) in [5.74, 6) is -0.0144. The molecule has 0 aliphatic heterocycles. The van der Waals surface area contributed by atoms with Gasteiger partial charge in [0.2, 0.25) is 5.95 Å². The molecule has 0 saturated carbocycles. The lowest BCUT2D eigenvalue weighted by Gasteiger charge is -2.15. The van der Waals surface area contributed by atoms with Gasteiger partial charge < -0.3 is 11.1 Å². The number of hydrogen-bond acceptors (Lipinski definition) is 4. The summed E-state index contributed by atoms with van der Waals surface area (Å²) in [6.07, 6.45) is -1.76. The molecule has 2 aromatic rings. The summed E-state index contributed by atoms with van der Waals surface area (Å²) in [7, 11) is 0. The normalized spacial score (nSPS) is 17.6. The largest absolute Gasteiger partial charge is 0.433 e. The number of nitrogens with zero attached hydrogens (tertiary/aromatic N) is 2. The molecule has 4 nitrogen and oxygen atoms in total. The summed E-state index contributed by atoms with van der Waals surface area (Å²) in [5.41, 5.74) is 7.61. The number of nitrogens with two attached hydrogens (primary N) is 1. The van der Waals surface area contributed by atoms with Crippen LogP contribution in [0.3, 0.4) is 0 Å². The Morgan fingerprint density at radius 3 is 2.81 bits per heavy atom. The van der Waals surface area contributed by atoms with E-state index in [0.29, 0.717) is 5.69 Å². The van der Waals surface area contributed by atoms with Crippen LogP contribution < -0.4 is 11.1 Å². The van der Waals surface area contributed by atoms with Gasteiger partial charge >= 0.3 is 6.18 Å². The highest BCUT2D eigenvalue weighted by Crippen LogP contribution is 2.34. The number of halogens is 3. The van der Waals surface area contributed by atoms with Crippen molar-refractivity contribution in [2.24, 2.45) is 0 Å². The molecule has 1 aliphatic rings. The lowest BCUT2D eigenvalue weighted by molar-refractivity contribution is -0.141. The first-order valence-electron chi connectivity index (χ1n) is 6.48. The fraction of sp³-hybridized carbons (Fsp3) is 0.286. The maximum atomic E-state index is 12.6. The van der Waals surface area contributed by atoms with Crippen LogP contribution >= 0.6 is 0 Å². The second kappa shape index (κ2) is 4.91. The SMILES string of the molecule is Nc1ccc2c(c1)CCC2Nc1nccc(C(F)(F)F)n1. The zero-order chi connectivity index (χ0) is 15.0. The number of fused-ring (bicyclic) bond motifs is 1. The summed E-state index contributed by atoms with van der Waals surface area (Å²) in [6.45, 7) is 0. The number of benzene rings is 1. The maximum absolute atomic E-state index is 12.6. The Balaban J connectivity index is 1.83. The quantitative estimate of drug-likeness (QED) is 0.835. The second-order valence-corrected chi connectivity index (χ2v) is 4.96. The third-order valence-corrected chi connectivity index (χ3v) is 3.49. The fourth-order valence-corrected chi connectivity index (χ4v) is 2.53. The average Bonchev–Trinajstić information content (AvgIpc) is 2.80. The van der Waals surface area contributed by atoms with Crippen molar-refractivity contribution in [3.05, 3.63) is 47.3 Å². The van der Waals surface area contributed by atoms with Crippen LogP contribution in [-0.4, -0.2) is 9.97 Å². The van der Waals surface area contributed by atoms with Gasteiger partial charge in [0.1, 0.15) is 5.69 Å². The van der Waals surface area contributed by atoms with E-state index >= 15 is 0 Å². The molecular weight excluding hydrogens is 281 g/mol. The van der Waals surface area contributed by atoms with E-state index in [0.717, 1.165) is 36.2 Å². The minimum absolute atomic E-state index is 0.0144. The summed E-state index contributed by atoms with van der Waals surface area (Å²) in [6, 6.07) is 6.33. The van der Waals surface area contributed by atoms with Gasteiger partial charge in [-0.15, -0.1) is 0 Å². The van der Waals surface area contributed by atoms with Crippen LogP contribution in [0.5, 0.6) is 0 Å². The molecule has 0 saturated heterocycles. The van der Waals surface area contributed by atoms with Gasteiger partial charge in [0, 0.05) is 11.9 Å². The van der Waals surface area contributed by atoms with Crippen molar-refractivity contribution in [3.63, 3.8) is 0 Å². The van der Waals surface area contributed by atoms with E-state index in [1.165, 1.54) is 0 Å². The van der Waals surface area contributed by atoms with Crippen molar-refractivity contribution >= 4 is 11.6 Å². The third kappa shape index (κ3) is 2.76. The number of nitrogens with one attached hydrogen (secondary N) is 1. The molecule has 1 aromatic carbocycles. The summed E-state index contributed by atoms with van der Waals surface area (Å²) >= 11 is 0. The Hall–Kier alpha value is -2.31. The van der Waals surface area contributed by atoms with Gasteiger partial charge in [0.15, 0.2) is 0 Å². The molecule has 3 N–H and O–H groups in total. The number of rotatable bonds is 2. The lowest BCUT2D eigenvalue weighted by Crippen LogP contribution is -2.14. The van der Waals surface area contributed by atoms with Crippen molar-refractivity contribution in [2.75, 3.05) is 11.1 Å². The van der Waals surface area contributed by atoms with E-state index in [-0.39, 0.29) is 12.0 Å². The van der Waals surface area contributed by atoms with E-state index in [9.17, 15) is 13.2 Å². The zero-order valence-electron chi connectivity index (χ0n) is 11.0. The van der Waals surface area contributed by atoms with Crippen molar-refractivity contribution < 1.29 is 13.2 Å². The molecule has 0 bridgehead atoms. The molecule has 21 heavy (non-hydrogen) atoms. The van der Waals surface area contributed by atoms with Gasteiger partial charge in [-0.3, -0.25) is 0 Å². The van der Waals surface area contributed by atoms with Crippen molar-refractivity contribution in [3.8, 4) is 0 Å². The highest BCUT2D eigenvalue weighted by Gasteiger charge is 2.33. The predicted octanol–water partition coefficient (Wildman–Crippen LogP) is 3.18. The van der Waals surface area contributed by atoms with Crippen LogP contribution in [0, 0.1) is 0 Å². The van der Waals surface area contributed by atoms with E-state index < -0.39 is 11.9 Å². The molecule has 0 amide bonds. The van der Waals surface area contributed by atoms with Crippen LogP contribution in [0.2, 0.25) is 0 Å². The number of alkyl halides is 3. The van der Waals surface area contributed by atoms with Gasteiger partial charge in [0.25, 0.3) is 0 Å². The monoisotopic (exact) mass is 294 g/mol. The van der Waals surface area contributed by atoms with Gasteiger partial charge in [0.05, 0.1) is 6.04 Å². The zero-order valence-corrected chi connectivity index (χ0v) is 11.0. The molecule has 0 radical (unpaired) electrons. The van der Waals surface area contributed by atoms with Crippen LogP contribution in [0.15, 0.2) is 30.5 Å². The molecule has 0 spiro atoms. The van der Waals surface area contributed by atoms with Crippen LogP contribution in [0.25, 0.3) is 0 Å². The molecule has 7 heteroatoms. The van der Waals surface area contributed by atoms with E-state index in [1.54, 1.807) is 6.07 Å². The van der Waals surface area contributed by atoms with Crippen LogP contribution in [-0.2, 0) is 12.6 Å². The Morgan fingerprint density at radius 2 is 2.05 bits per heavy atom. The highest BCUT2D eigenvalue weighted by molar-refractivity contribution is 5.49. The highest BCUT2D eigenvalue weighted by atomic mass is 19.4. The molecule has 1 aliphatic carbocycles. The van der Waals surface area contributed by atoms with Gasteiger partial charge in [-0.25, -0.2) is 9.97 Å². The summed E-state index contributed by atoms with van der Waals surface area (Å²) < 4.78 is 37.9. The number of aromatic nitrogens is 2. The Bertz CT molecular complexity index is 670. The Morgan fingerprint density at radius 1 is 1.24 bits per heavy atom. The molecule has 0 fully saturated rings. The summed E-state index contributed by atoms with van der Waals surface area (Å²) in [4.78, 5) is 7.39. The number of aryl methyl sites for hydroxylation is 1. The lowest BCUT2D eigenvalue weighted by atomic mass is 10.1. The van der Waals surface area contributed by atoms with Crippen molar-refractivity contribution in [2.45, 2.75) is 25.1 Å². The van der Waals surface area contributed by atoms with Crippen LogP contribution in [0.4, 0.5) is 24.8 Å². The predicted molar refractivity (Wildman–Crippen MR) is 72.6 cm³/mol. The minimum Gasteiger partial charge on any atom is -0.399 e. The second-order valence-electron chi connectivity index (χ2n) is 4.96. The van der Waals surface area contributed by atoms with E-state index in [2.05, 4.69) is 15.3 Å². The standard InChI is InChI=1S/C14H13F3N4/c15-14(16,17)12-5-6-19-13(21-12)20-11-4-1-8-7-9(18)2-3-10(8)11/h2-3,5-7,11H,1,4,18H2,(H,19,20,21). The van der Waals surface area contributed by atoms with Crippen molar-refractivity contribution in [1.82, 2.24) is 9.97 Å². The number of nitrogen functional groups attached to an aromatic ring is 1. The smallest absolute Gasteiger partial charge is 0.399 e. The van der Waals surface area contributed by atoms with E-state index in [1.807, 2.05) is 12.1 Å². The van der Waals surface area contributed by atoms with Gasteiger partial charge in [-0.2, -0.15) is 13.2 Å². The first-order valence-corrected chi connectivity index (χ1v) is 6.48. The average molecular weight is 294 g/mol. The number of anilines is 2. The topological polar surface area (TPSA) is 63.8 Å². The van der Waals surface area contributed by atoms with Crippen molar-refractivity contribution in [1.29, 1.82) is 0 Å². The third-order valence-electron chi connectivity index (χ3n) is 3.49. The minimum atomic E-state index is -4.47. The molecule has 1 atom stereocenters. The summed E-state index contributed by atoms with van der Waals surface area (Å²) in [5, 5.41) is 2.97.